The van der Waals surface area contributed by atoms with Gasteiger partial charge in [0.15, 0.2) is 0 Å². The number of hydrogen-bond donors (Lipinski definition) is 2. The van der Waals surface area contributed by atoms with E-state index in [4.69, 9.17) is 21.1 Å². The summed E-state index contributed by atoms with van der Waals surface area (Å²) in [7, 11) is 1.55. The first kappa shape index (κ1) is 27.8. The van der Waals surface area contributed by atoms with Crippen LogP contribution in [0.5, 0.6) is 5.75 Å². The number of ether oxygens (including phenoxy) is 2. The number of aryl methyl sites for hydroxylation is 1. The van der Waals surface area contributed by atoms with Crippen molar-refractivity contribution in [1.82, 2.24) is 10.2 Å². The van der Waals surface area contributed by atoms with E-state index in [2.05, 4.69) is 17.6 Å². The number of amides is 3. The molecule has 3 aliphatic heterocycles. The van der Waals surface area contributed by atoms with Gasteiger partial charge in [0.1, 0.15) is 17.4 Å². The number of rotatable bonds is 7. The highest BCUT2D eigenvalue weighted by atomic mass is 35.5. The van der Waals surface area contributed by atoms with Crippen molar-refractivity contribution in [3.63, 3.8) is 0 Å². The molecule has 2 aromatic rings. The molecule has 41 heavy (non-hydrogen) atoms. The Morgan fingerprint density at radius 3 is 2.63 bits per heavy atom. The summed E-state index contributed by atoms with van der Waals surface area (Å²) < 4.78 is 11.8. The molecule has 3 amide bonds. The van der Waals surface area contributed by atoms with Gasteiger partial charge in [-0.25, -0.2) is 0 Å². The molecule has 1 spiro atoms. The van der Waals surface area contributed by atoms with Gasteiger partial charge in [-0.15, -0.1) is 0 Å². The van der Waals surface area contributed by atoms with Crippen molar-refractivity contribution in [2.45, 2.75) is 63.3 Å². The van der Waals surface area contributed by atoms with Gasteiger partial charge in [-0.05, 0) is 61.1 Å². The third-order valence-electron chi connectivity index (χ3n) is 9.23. The summed E-state index contributed by atoms with van der Waals surface area (Å²) in [5.74, 6) is -1.39. The van der Waals surface area contributed by atoms with Gasteiger partial charge in [0.05, 0.1) is 37.3 Å². The minimum Gasteiger partial charge on any atom is -0.495 e. The van der Waals surface area contributed by atoms with Crippen molar-refractivity contribution >= 4 is 35.0 Å². The maximum Gasteiger partial charge on any atom is 0.247 e. The van der Waals surface area contributed by atoms with Crippen LogP contribution in [-0.2, 0) is 19.1 Å². The van der Waals surface area contributed by atoms with E-state index in [9.17, 15) is 14.4 Å². The molecule has 0 unspecified atom stereocenters. The second-order valence-electron chi connectivity index (χ2n) is 11.9. The second-order valence-corrected chi connectivity index (χ2v) is 12.3. The van der Waals surface area contributed by atoms with Crippen LogP contribution < -0.4 is 15.4 Å². The predicted molar refractivity (Wildman–Crippen MR) is 156 cm³/mol. The van der Waals surface area contributed by atoms with Crippen LogP contribution in [0, 0.1) is 24.7 Å². The lowest BCUT2D eigenvalue weighted by Crippen LogP contribution is -2.49. The van der Waals surface area contributed by atoms with Crippen molar-refractivity contribution in [2.24, 2.45) is 17.8 Å². The van der Waals surface area contributed by atoms with Crippen LogP contribution in [-0.4, -0.2) is 54.0 Å². The topological polar surface area (TPSA) is 97.0 Å². The molecule has 6 rings (SSSR count). The van der Waals surface area contributed by atoms with E-state index in [1.54, 1.807) is 42.3 Å². The molecule has 7 atom stereocenters. The molecular formula is C32H36ClN3O5. The normalized spacial score (nSPS) is 30.7. The Hall–Kier alpha value is -3.36. The molecule has 2 N–H and O–H groups in total. The van der Waals surface area contributed by atoms with Gasteiger partial charge in [-0.3, -0.25) is 14.4 Å². The number of likely N-dealkylation sites (tertiary alicyclic amines) is 1. The fraction of sp³-hybridized carbons (Fsp3) is 0.469. The number of carbonyl (C=O) groups is 3. The number of benzene rings is 2. The molecule has 2 saturated heterocycles. The average Bonchev–Trinajstić information content (AvgIpc) is 3.59. The molecule has 216 valence electrons. The van der Waals surface area contributed by atoms with Crippen LogP contribution in [0.25, 0.3) is 0 Å². The zero-order valence-corrected chi connectivity index (χ0v) is 24.3. The summed E-state index contributed by atoms with van der Waals surface area (Å²) in [5.41, 5.74) is 1.21. The van der Waals surface area contributed by atoms with Gasteiger partial charge in [-0.1, -0.05) is 61.7 Å². The molecule has 2 bridgehead atoms. The Bertz CT molecular complexity index is 1390. The third-order valence-corrected chi connectivity index (χ3v) is 9.48. The van der Waals surface area contributed by atoms with E-state index in [1.165, 1.54) is 0 Å². The smallest absolute Gasteiger partial charge is 0.247 e. The van der Waals surface area contributed by atoms with E-state index in [-0.39, 0.29) is 30.3 Å². The van der Waals surface area contributed by atoms with E-state index in [0.717, 1.165) is 31.2 Å². The summed E-state index contributed by atoms with van der Waals surface area (Å²) >= 11 is 6.18. The summed E-state index contributed by atoms with van der Waals surface area (Å²) in [6.45, 7) is 4.28. The monoisotopic (exact) mass is 577 g/mol. The minimum absolute atomic E-state index is 0.0521. The van der Waals surface area contributed by atoms with Crippen LogP contribution in [0.3, 0.4) is 0 Å². The predicted octanol–water partition coefficient (Wildman–Crippen LogP) is 4.81. The first-order valence-electron chi connectivity index (χ1n) is 14.4. The Balaban J connectivity index is 1.30. The first-order valence-corrected chi connectivity index (χ1v) is 14.8. The summed E-state index contributed by atoms with van der Waals surface area (Å²) in [6.07, 6.45) is 7.45. The zero-order valence-electron chi connectivity index (χ0n) is 23.6. The lowest BCUT2D eigenvalue weighted by atomic mass is 9.76. The van der Waals surface area contributed by atoms with Gasteiger partial charge in [0, 0.05) is 11.1 Å². The molecule has 3 heterocycles. The fourth-order valence-corrected chi connectivity index (χ4v) is 7.22. The molecule has 1 aliphatic carbocycles. The minimum atomic E-state index is -0.969. The van der Waals surface area contributed by atoms with Crippen LogP contribution in [0.15, 0.2) is 54.6 Å². The standard InChI is InChI=1S/C32H36ClN3O5/c1-18-8-13-24(40-3)23(16-18)35-29(37)26-25-14-15-32(41-25)17-36(31(39)27(26)32)28(20-9-11-21(33)12-10-20)30(38)34-22-7-5-4-6-19(22)2/h8-16,19,22,25-28H,4-7,17H2,1-3H3,(H,34,38)(H,35,37)/t19-,22+,25+,26-,27+,28+,32+/m1/s1. The SMILES string of the molecule is COc1ccc(C)cc1NC(=O)[C@@H]1[C@@H]2C=C[C@@]3(CN([C@H](C(=O)N[C@H]4CCCC[C@H]4C)c4ccc(Cl)cc4)C(=O)[C@H]13)O2. The number of nitrogens with one attached hydrogen (secondary N) is 2. The zero-order chi connectivity index (χ0) is 28.9. The highest BCUT2D eigenvalue weighted by Gasteiger charge is 2.68. The van der Waals surface area contributed by atoms with Crippen molar-refractivity contribution < 1.29 is 23.9 Å². The Kier molecular flexibility index (Phi) is 7.32. The second kappa shape index (κ2) is 10.8. The van der Waals surface area contributed by atoms with E-state index in [0.29, 0.717) is 27.9 Å². The maximum atomic E-state index is 14.3. The molecule has 0 aromatic heterocycles. The number of methoxy groups -OCH3 is 1. The Morgan fingerprint density at radius 2 is 1.90 bits per heavy atom. The van der Waals surface area contributed by atoms with Crippen molar-refractivity contribution in [3.05, 3.63) is 70.8 Å². The number of nitrogens with zero attached hydrogens (tertiary/aromatic N) is 1. The van der Waals surface area contributed by atoms with Crippen molar-refractivity contribution in [3.8, 4) is 5.75 Å². The Labute approximate surface area is 245 Å². The summed E-state index contributed by atoms with van der Waals surface area (Å²) in [5, 5.41) is 6.78. The molecule has 3 fully saturated rings. The van der Waals surface area contributed by atoms with Gasteiger partial charge >= 0.3 is 0 Å². The van der Waals surface area contributed by atoms with Crippen LogP contribution in [0.1, 0.15) is 49.8 Å². The average molecular weight is 578 g/mol. The number of halogens is 1. The lowest BCUT2D eigenvalue weighted by Gasteiger charge is -2.34. The number of carbonyl (C=O) groups excluding carboxylic acids is 3. The number of anilines is 1. The summed E-state index contributed by atoms with van der Waals surface area (Å²) in [6, 6.07) is 11.8. The van der Waals surface area contributed by atoms with Gasteiger partial charge in [0.25, 0.3) is 0 Å². The van der Waals surface area contributed by atoms with Gasteiger partial charge < -0.3 is 25.0 Å². The van der Waals surface area contributed by atoms with Crippen LogP contribution >= 0.6 is 11.6 Å². The van der Waals surface area contributed by atoms with Gasteiger partial charge in [0.2, 0.25) is 17.7 Å². The largest absolute Gasteiger partial charge is 0.495 e. The quantitative estimate of drug-likeness (QED) is 0.460. The molecule has 4 aliphatic rings. The highest BCUT2D eigenvalue weighted by Crippen LogP contribution is 2.53. The van der Waals surface area contributed by atoms with Crippen LogP contribution in [0.4, 0.5) is 5.69 Å². The fourth-order valence-electron chi connectivity index (χ4n) is 7.09. The number of hydrogen-bond acceptors (Lipinski definition) is 5. The molecular weight excluding hydrogens is 542 g/mol. The van der Waals surface area contributed by atoms with E-state index >= 15 is 0 Å². The van der Waals surface area contributed by atoms with E-state index in [1.807, 2.05) is 31.2 Å². The third kappa shape index (κ3) is 4.91. The number of fused-ring (bicyclic) bond motifs is 1. The highest BCUT2D eigenvalue weighted by molar-refractivity contribution is 6.30. The Morgan fingerprint density at radius 1 is 1.15 bits per heavy atom. The van der Waals surface area contributed by atoms with Crippen molar-refractivity contribution in [2.75, 3.05) is 19.0 Å². The van der Waals surface area contributed by atoms with Crippen LogP contribution in [0.2, 0.25) is 5.02 Å². The maximum absolute atomic E-state index is 14.3. The molecule has 8 nitrogen and oxygen atoms in total. The molecule has 9 heteroatoms. The van der Waals surface area contributed by atoms with Crippen molar-refractivity contribution in [1.29, 1.82) is 0 Å². The molecule has 2 aromatic carbocycles. The summed E-state index contributed by atoms with van der Waals surface area (Å²) in [4.78, 5) is 43.6. The first-order chi connectivity index (χ1) is 19.7. The molecule has 1 saturated carbocycles. The lowest BCUT2D eigenvalue weighted by molar-refractivity contribution is -0.142. The van der Waals surface area contributed by atoms with E-state index < -0.39 is 29.6 Å². The molecule has 0 radical (unpaired) electrons. The van der Waals surface area contributed by atoms with Gasteiger partial charge in [-0.2, -0.15) is 0 Å².